The Morgan fingerprint density at radius 1 is 0.500 bits per heavy atom. The molecule has 4 nitrogen and oxygen atoms in total. The molecule has 0 saturated carbocycles. The van der Waals surface area contributed by atoms with Gasteiger partial charge in [0.1, 0.15) is 0 Å². The Balaban J connectivity index is -0.00000000500. The summed E-state index contributed by atoms with van der Waals surface area (Å²) in [6.45, 7) is 19.0. The van der Waals surface area contributed by atoms with Gasteiger partial charge in [-0.25, -0.2) is 0 Å². The summed E-state index contributed by atoms with van der Waals surface area (Å²) >= 11 is 0. The van der Waals surface area contributed by atoms with E-state index in [0.717, 1.165) is 0 Å². The van der Waals surface area contributed by atoms with Gasteiger partial charge in [0, 0.05) is 68.5 Å². The van der Waals surface area contributed by atoms with E-state index in [1.807, 2.05) is 0 Å². The van der Waals surface area contributed by atoms with Crippen molar-refractivity contribution < 1.29 is 17.1 Å². The van der Waals surface area contributed by atoms with Crippen molar-refractivity contribution in [1.82, 2.24) is 0 Å². The van der Waals surface area contributed by atoms with Crippen LogP contribution < -0.4 is 0 Å². The molecule has 0 aromatic carbocycles. The van der Waals surface area contributed by atoms with Crippen LogP contribution in [-0.2, 0) is 17.1 Å². The van der Waals surface area contributed by atoms with Gasteiger partial charge in [0.25, 0.3) is 0 Å². The van der Waals surface area contributed by atoms with Crippen LogP contribution in [-0.4, -0.2) is 51.4 Å². The normalized spacial score (nSPS) is 0.800. The van der Waals surface area contributed by atoms with E-state index in [9.17, 15) is 0 Å². The minimum atomic E-state index is 0. The number of rotatable bonds is 0. The Hall–Kier alpha value is 0.116. The van der Waals surface area contributed by atoms with E-state index >= 15 is 0 Å². The number of nitrogens with zero attached hydrogens (tertiary/aromatic N) is 4. The van der Waals surface area contributed by atoms with E-state index in [-0.39, 0.29) is 68.5 Å². The van der Waals surface area contributed by atoms with Gasteiger partial charge in [-0.2, -0.15) is 0 Å². The van der Waals surface area contributed by atoms with E-state index in [4.69, 9.17) is 47.3 Å². The van der Waals surface area contributed by atoms with Crippen LogP contribution in [0.1, 0.15) is 0 Å². The fraction of sp³-hybridized carbons (Fsp3) is 0. The topological polar surface area (TPSA) is 95.2 Å². The minimum absolute atomic E-state index is 0. The third-order valence-corrected chi connectivity index (χ3v) is 0. The Kier molecular flexibility index (Phi) is 222000. The summed E-state index contributed by atoms with van der Waals surface area (Å²) in [5.74, 6) is 0. The first kappa shape index (κ1) is 49.6. The van der Waals surface area contributed by atoms with Gasteiger partial charge in [-0.3, -0.25) is 0 Å². The van der Waals surface area contributed by atoms with Crippen LogP contribution in [0.3, 0.4) is 0 Å². The molecule has 10 heavy (non-hydrogen) atoms. The van der Waals surface area contributed by atoms with E-state index in [2.05, 4.69) is 0 Å². The molecule has 0 unspecified atom stereocenters. The van der Waals surface area contributed by atoms with Crippen LogP contribution >= 0.6 is 0 Å². The first-order chi connectivity index (χ1) is 4.00. The summed E-state index contributed by atoms with van der Waals surface area (Å²) in [5.41, 5.74) is 0. The monoisotopic (exact) mass is 206 g/mol. The Bertz CT molecular complexity index is 60.2. The summed E-state index contributed by atoms with van der Waals surface area (Å²) in [6.07, 6.45) is 0. The van der Waals surface area contributed by atoms with Crippen molar-refractivity contribution >= 4 is 51.4 Å². The Morgan fingerprint density at radius 3 is 0.500 bits per heavy atom. The average Bonchev–Trinajstić information content (AvgIpc) is 2.03. The van der Waals surface area contributed by atoms with E-state index in [0.29, 0.717) is 0 Å². The maximum absolute atomic E-state index is 6.25. The molecule has 0 saturated heterocycles. The maximum Gasteiger partial charge on any atom is 0 e. The molecule has 0 aromatic rings. The Labute approximate surface area is 114 Å². The largest absolute Gasteiger partial charge is 0.512 e. The standard InChI is InChI=1S/4CN.Cu.K/c4*1-2;;/q4*-1;;. The zero-order valence-electron chi connectivity index (χ0n) is 5.09. The van der Waals surface area contributed by atoms with Crippen molar-refractivity contribution in [2.75, 3.05) is 0 Å². The fourth-order valence-corrected chi connectivity index (χ4v) is 0. The molecule has 0 spiro atoms. The second-order valence-electron chi connectivity index (χ2n) is 0. The first-order valence-corrected chi connectivity index (χ1v) is 0.894. The second-order valence-corrected chi connectivity index (χ2v) is 0. The van der Waals surface area contributed by atoms with Gasteiger partial charge in [-0.05, 0) is 0 Å². The molecule has 2 radical (unpaired) electrons. The molecule has 0 aliphatic carbocycles. The van der Waals surface area contributed by atoms with Crippen LogP contribution in [0.4, 0.5) is 0 Å². The molecule has 0 atom stereocenters. The van der Waals surface area contributed by atoms with Crippen LogP contribution in [0.2, 0.25) is 0 Å². The zero-order chi connectivity index (χ0) is 8.00. The summed E-state index contributed by atoms with van der Waals surface area (Å²) in [4.78, 5) is 0. The summed E-state index contributed by atoms with van der Waals surface area (Å²) in [5, 5.41) is 25.0. The summed E-state index contributed by atoms with van der Waals surface area (Å²) in [7, 11) is 0. The molecule has 0 N–H and O–H groups in total. The van der Waals surface area contributed by atoms with Crippen LogP contribution in [0.25, 0.3) is 0 Å². The molecule has 0 rings (SSSR count). The van der Waals surface area contributed by atoms with Crippen molar-refractivity contribution in [3.63, 3.8) is 0 Å². The van der Waals surface area contributed by atoms with Crippen molar-refractivity contribution in [2.24, 2.45) is 0 Å². The number of hydrogen-bond acceptors (Lipinski definition) is 4. The molecule has 0 bridgehead atoms. The quantitative estimate of drug-likeness (QED) is 0.412. The van der Waals surface area contributed by atoms with E-state index in [1.165, 1.54) is 0 Å². The third-order valence-electron chi connectivity index (χ3n) is 0. The molecule has 0 aliphatic heterocycles. The van der Waals surface area contributed by atoms with Crippen molar-refractivity contribution in [3.8, 4) is 0 Å². The molecule has 0 aliphatic rings. The molecule has 0 aromatic heterocycles. The maximum atomic E-state index is 6.25. The fourth-order valence-electron chi connectivity index (χ4n) is 0. The molecular formula is C4CuKN4-4. The van der Waals surface area contributed by atoms with Gasteiger partial charge in [0.2, 0.25) is 0 Å². The van der Waals surface area contributed by atoms with Gasteiger partial charge < -0.3 is 47.3 Å². The van der Waals surface area contributed by atoms with Gasteiger partial charge in [-0.15, -0.1) is 0 Å². The second kappa shape index (κ2) is 44700. The van der Waals surface area contributed by atoms with E-state index < -0.39 is 0 Å². The first-order valence-electron chi connectivity index (χ1n) is 0.894. The summed E-state index contributed by atoms with van der Waals surface area (Å²) < 4.78 is 0. The third kappa shape index (κ3) is 30600. The van der Waals surface area contributed by atoms with Gasteiger partial charge in [-0.1, -0.05) is 0 Å². The summed E-state index contributed by atoms with van der Waals surface area (Å²) in [6, 6.07) is 0. The van der Waals surface area contributed by atoms with Crippen molar-refractivity contribution in [1.29, 1.82) is 21.0 Å². The molecule has 0 heterocycles. The van der Waals surface area contributed by atoms with Crippen LogP contribution in [0, 0.1) is 47.3 Å². The molecular weight excluding hydrogens is 207 g/mol. The Morgan fingerprint density at radius 2 is 0.500 bits per heavy atom. The molecule has 6 heteroatoms. The molecule has 0 amide bonds. The SMILES string of the molecule is [C-]#N.[C-]#N.[C-]#N.[C-]#N.[Cu].[K]. The predicted octanol–water partition coefficient (Wildman–Crippen LogP) is 0.00218. The van der Waals surface area contributed by atoms with Crippen LogP contribution in [0.15, 0.2) is 0 Å². The average molecular weight is 207 g/mol. The minimum Gasteiger partial charge on any atom is -0.512 e. The van der Waals surface area contributed by atoms with E-state index in [1.54, 1.807) is 0 Å². The van der Waals surface area contributed by atoms with Gasteiger partial charge in [0.15, 0.2) is 0 Å². The van der Waals surface area contributed by atoms with Crippen LogP contribution in [0.5, 0.6) is 0 Å². The zero-order valence-corrected chi connectivity index (χ0v) is 9.16. The van der Waals surface area contributed by atoms with Gasteiger partial charge >= 0.3 is 0 Å². The predicted molar refractivity (Wildman–Crippen MR) is 25.6 cm³/mol. The van der Waals surface area contributed by atoms with Crippen molar-refractivity contribution in [2.45, 2.75) is 0 Å². The van der Waals surface area contributed by atoms with Gasteiger partial charge in [0.05, 0.1) is 0 Å². The van der Waals surface area contributed by atoms with Crippen molar-refractivity contribution in [3.05, 3.63) is 26.3 Å². The molecule has 0 fully saturated rings. The molecule has 52 valence electrons. The smallest absolute Gasteiger partial charge is 0 e. The number of hydrogen-bond donors (Lipinski definition) is 0.